The summed E-state index contributed by atoms with van der Waals surface area (Å²) in [6, 6.07) is 14.7. The van der Waals surface area contributed by atoms with Crippen LogP contribution < -0.4 is 4.74 Å². The summed E-state index contributed by atoms with van der Waals surface area (Å²) in [5.74, 6) is -0.0412. The number of nitrogens with zero attached hydrogens (tertiary/aromatic N) is 3. The molecule has 7 heteroatoms. The van der Waals surface area contributed by atoms with Gasteiger partial charge in [-0.25, -0.2) is 9.78 Å². The fourth-order valence-corrected chi connectivity index (χ4v) is 2.97. The number of aromatic nitrogens is 2. The zero-order chi connectivity index (χ0) is 19.5. The summed E-state index contributed by atoms with van der Waals surface area (Å²) in [6.07, 6.45) is 5.39. The van der Waals surface area contributed by atoms with Crippen molar-refractivity contribution in [1.82, 2.24) is 9.55 Å². The van der Waals surface area contributed by atoms with Crippen molar-refractivity contribution in [3.63, 3.8) is 0 Å². The number of para-hydroxylation sites is 1. The molecule has 0 atom stereocenters. The fourth-order valence-electron chi connectivity index (χ4n) is 2.97. The predicted molar refractivity (Wildman–Crippen MR) is 105 cm³/mol. The quantitative estimate of drug-likeness (QED) is 0.512. The molecule has 1 N–H and O–H groups in total. The SMILES string of the molecule is COc1ccc(N=Cc2cn(Cc3ccc(C(=O)O)o3)c3ccccc23)cn1. The summed E-state index contributed by atoms with van der Waals surface area (Å²) in [5, 5.41) is 10.1. The van der Waals surface area contributed by atoms with Gasteiger partial charge in [0.05, 0.1) is 25.5 Å². The second-order valence-corrected chi connectivity index (χ2v) is 6.12. The molecule has 28 heavy (non-hydrogen) atoms. The molecule has 7 nitrogen and oxygen atoms in total. The van der Waals surface area contributed by atoms with Crippen LogP contribution in [-0.2, 0) is 6.54 Å². The Hall–Kier alpha value is -3.87. The Morgan fingerprint density at radius 1 is 1.25 bits per heavy atom. The molecule has 3 aromatic heterocycles. The van der Waals surface area contributed by atoms with Gasteiger partial charge in [0.15, 0.2) is 0 Å². The van der Waals surface area contributed by atoms with Crippen LogP contribution in [0.15, 0.2) is 70.3 Å². The van der Waals surface area contributed by atoms with E-state index in [1.54, 1.807) is 31.7 Å². The lowest BCUT2D eigenvalue weighted by atomic mass is 10.2. The van der Waals surface area contributed by atoms with Crippen LogP contribution in [0.2, 0.25) is 0 Å². The molecular weight excluding hydrogens is 358 g/mol. The number of ether oxygens (including phenoxy) is 1. The highest BCUT2D eigenvalue weighted by molar-refractivity contribution is 6.00. The monoisotopic (exact) mass is 375 g/mol. The molecule has 0 radical (unpaired) electrons. The molecule has 4 rings (SSSR count). The summed E-state index contributed by atoms with van der Waals surface area (Å²) < 4.78 is 12.4. The van der Waals surface area contributed by atoms with Crippen molar-refractivity contribution in [3.05, 3.63) is 78.0 Å². The topological polar surface area (TPSA) is 89.9 Å². The summed E-state index contributed by atoms with van der Waals surface area (Å²) in [5.41, 5.74) is 2.66. The van der Waals surface area contributed by atoms with Crippen LogP contribution in [0.5, 0.6) is 5.88 Å². The molecule has 0 amide bonds. The van der Waals surface area contributed by atoms with E-state index in [-0.39, 0.29) is 5.76 Å². The number of fused-ring (bicyclic) bond motifs is 1. The minimum Gasteiger partial charge on any atom is -0.481 e. The van der Waals surface area contributed by atoms with E-state index in [4.69, 9.17) is 14.3 Å². The van der Waals surface area contributed by atoms with Crippen LogP contribution in [0.1, 0.15) is 21.9 Å². The molecule has 0 fully saturated rings. The van der Waals surface area contributed by atoms with Crippen molar-refractivity contribution >= 4 is 28.8 Å². The van der Waals surface area contributed by atoms with Crippen LogP contribution in [0.4, 0.5) is 5.69 Å². The van der Waals surface area contributed by atoms with Gasteiger partial charge in [-0.05, 0) is 24.3 Å². The van der Waals surface area contributed by atoms with Gasteiger partial charge in [0.2, 0.25) is 11.6 Å². The van der Waals surface area contributed by atoms with Crippen LogP contribution in [0.25, 0.3) is 10.9 Å². The van der Waals surface area contributed by atoms with E-state index < -0.39 is 5.97 Å². The van der Waals surface area contributed by atoms with Crippen LogP contribution in [-0.4, -0.2) is 34.0 Å². The third kappa shape index (κ3) is 3.50. The first-order chi connectivity index (χ1) is 13.6. The fraction of sp³-hybridized carbons (Fsp3) is 0.0952. The number of rotatable bonds is 6. The van der Waals surface area contributed by atoms with E-state index in [0.29, 0.717) is 18.2 Å². The number of aliphatic imine (C=N–C) groups is 1. The second-order valence-electron chi connectivity index (χ2n) is 6.12. The van der Waals surface area contributed by atoms with E-state index >= 15 is 0 Å². The van der Waals surface area contributed by atoms with Gasteiger partial charge in [0, 0.05) is 34.9 Å². The van der Waals surface area contributed by atoms with Crippen molar-refractivity contribution in [3.8, 4) is 5.88 Å². The highest BCUT2D eigenvalue weighted by atomic mass is 16.5. The van der Waals surface area contributed by atoms with Gasteiger partial charge in [-0.15, -0.1) is 0 Å². The number of methoxy groups -OCH3 is 1. The molecule has 0 aliphatic heterocycles. The standard InChI is InChI=1S/C21H17N3O4/c1-27-20-9-6-15(11-23-20)22-10-14-12-24(18-5-3-2-4-17(14)18)13-16-7-8-19(28-16)21(25)26/h2-12H,13H2,1H3,(H,25,26). The minimum atomic E-state index is -1.08. The largest absolute Gasteiger partial charge is 0.481 e. The van der Waals surface area contributed by atoms with E-state index in [1.165, 1.54) is 6.07 Å². The number of aromatic carboxylic acids is 1. The summed E-state index contributed by atoms with van der Waals surface area (Å²) >= 11 is 0. The lowest BCUT2D eigenvalue weighted by Gasteiger charge is -2.02. The van der Waals surface area contributed by atoms with Crippen LogP contribution in [0.3, 0.4) is 0 Å². The number of benzene rings is 1. The first-order valence-corrected chi connectivity index (χ1v) is 8.58. The Morgan fingerprint density at radius 2 is 2.11 bits per heavy atom. The zero-order valence-electron chi connectivity index (χ0n) is 15.1. The third-order valence-corrected chi connectivity index (χ3v) is 4.30. The number of carbonyl (C=O) groups is 1. The molecule has 0 unspecified atom stereocenters. The lowest BCUT2D eigenvalue weighted by Crippen LogP contribution is -1.97. The van der Waals surface area contributed by atoms with Gasteiger partial charge in [-0.1, -0.05) is 18.2 Å². The van der Waals surface area contributed by atoms with Crippen LogP contribution >= 0.6 is 0 Å². The number of pyridine rings is 1. The zero-order valence-corrected chi connectivity index (χ0v) is 15.1. The van der Waals surface area contributed by atoms with E-state index in [1.807, 2.05) is 41.1 Å². The summed E-state index contributed by atoms with van der Waals surface area (Å²) in [7, 11) is 1.57. The van der Waals surface area contributed by atoms with Crippen molar-refractivity contribution in [2.24, 2.45) is 4.99 Å². The molecule has 0 aliphatic rings. The maximum atomic E-state index is 11.0. The van der Waals surface area contributed by atoms with Crippen LogP contribution in [0, 0.1) is 0 Å². The molecule has 3 heterocycles. The van der Waals surface area contributed by atoms with Gasteiger partial charge in [-0.2, -0.15) is 0 Å². The maximum absolute atomic E-state index is 11.0. The lowest BCUT2D eigenvalue weighted by molar-refractivity contribution is 0.0660. The number of hydrogen-bond acceptors (Lipinski definition) is 5. The average molecular weight is 375 g/mol. The number of furan rings is 1. The van der Waals surface area contributed by atoms with E-state index in [9.17, 15) is 4.79 Å². The molecule has 4 aromatic rings. The van der Waals surface area contributed by atoms with Gasteiger partial charge >= 0.3 is 5.97 Å². The predicted octanol–water partition coefficient (Wildman–Crippen LogP) is 4.14. The number of hydrogen-bond donors (Lipinski definition) is 1. The summed E-state index contributed by atoms with van der Waals surface area (Å²) in [6.45, 7) is 0.422. The Kier molecular flexibility index (Phi) is 4.63. The van der Waals surface area contributed by atoms with Gasteiger partial charge in [-0.3, -0.25) is 4.99 Å². The first kappa shape index (κ1) is 17.5. The number of carboxylic acids is 1. The van der Waals surface area contributed by atoms with Crippen molar-refractivity contribution in [1.29, 1.82) is 0 Å². The van der Waals surface area contributed by atoms with Gasteiger partial charge in [0.25, 0.3) is 0 Å². The average Bonchev–Trinajstić information content (AvgIpc) is 3.33. The smallest absolute Gasteiger partial charge is 0.371 e. The highest BCUT2D eigenvalue weighted by Crippen LogP contribution is 2.23. The molecule has 0 spiro atoms. The Balaban J connectivity index is 1.65. The molecule has 1 aromatic carbocycles. The molecule has 0 aliphatic carbocycles. The Labute approximate surface area is 160 Å². The first-order valence-electron chi connectivity index (χ1n) is 8.58. The van der Waals surface area contributed by atoms with E-state index in [2.05, 4.69) is 9.98 Å². The Bertz CT molecular complexity index is 1160. The van der Waals surface area contributed by atoms with Crippen molar-refractivity contribution in [2.45, 2.75) is 6.54 Å². The maximum Gasteiger partial charge on any atom is 0.371 e. The second kappa shape index (κ2) is 7.40. The Morgan fingerprint density at radius 3 is 2.82 bits per heavy atom. The molecule has 0 saturated carbocycles. The van der Waals surface area contributed by atoms with Gasteiger partial charge in [0.1, 0.15) is 5.76 Å². The molecule has 0 saturated heterocycles. The normalized spacial score (nSPS) is 11.3. The van der Waals surface area contributed by atoms with Gasteiger partial charge < -0.3 is 18.8 Å². The van der Waals surface area contributed by atoms with Crippen molar-refractivity contribution in [2.75, 3.05) is 7.11 Å². The van der Waals surface area contributed by atoms with E-state index in [0.717, 1.165) is 22.2 Å². The molecule has 140 valence electrons. The number of carboxylic acid groups (broad SMARTS) is 1. The minimum absolute atomic E-state index is 0.0692. The molecule has 0 bridgehead atoms. The molecular formula is C21H17N3O4. The summed E-state index contributed by atoms with van der Waals surface area (Å²) in [4.78, 5) is 19.7. The highest BCUT2D eigenvalue weighted by Gasteiger charge is 2.12. The third-order valence-electron chi connectivity index (χ3n) is 4.30. The van der Waals surface area contributed by atoms with Crippen molar-refractivity contribution < 1.29 is 19.1 Å².